The number of methoxy groups -OCH3 is 1. The topological polar surface area (TPSA) is 75.7 Å². The number of rotatable bonds is 6. The van der Waals surface area contributed by atoms with Gasteiger partial charge < -0.3 is 10.1 Å². The van der Waals surface area contributed by atoms with E-state index in [0.29, 0.717) is 24.4 Å². The normalized spacial score (nSPS) is 17.7. The number of nitrogens with one attached hydrogen (secondary N) is 1. The molecule has 156 valence electrons. The SMILES string of the molecule is COc1ccc(S(=O)(=O)N2CCCC[C@@H]2CC(=O)Nc2ccc(F)c(Cl)c2)cc1. The molecule has 6 nitrogen and oxygen atoms in total. The molecule has 1 heterocycles. The first-order valence-electron chi connectivity index (χ1n) is 9.22. The van der Waals surface area contributed by atoms with Gasteiger partial charge in [-0.3, -0.25) is 4.79 Å². The Morgan fingerprint density at radius 3 is 2.62 bits per heavy atom. The molecule has 0 saturated carbocycles. The first kappa shape index (κ1) is 21.5. The molecular weight excluding hydrogens is 419 g/mol. The molecule has 2 aromatic rings. The van der Waals surface area contributed by atoms with E-state index in [2.05, 4.69) is 5.32 Å². The van der Waals surface area contributed by atoms with Gasteiger partial charge in [0.25, 0.3) is 0 Å². The molecule has 0 aliphatic carbocycles. The van der Waals surface area contributed by atoms with Crippen molar-refractivity contribution in [1.29, 1.82) is 0 Å². The summed E-state index contributed by atoms with van der Waals surface area (Å²) in [6.45, 7) is 0.356. The standard InChI is InChI=1S/C20H22ClFN2O4S/c1-28-16-6-8-17(9-7-16)29(26,27)24-11-3-2-4-15(24)13-20(25)23-14-5-10-19(22)18(21)12-14/h5-10,12,15H,2-4,11,13H2,1H3,(H,23,25)/t15-/m1/s1. The van der Waals surface area contributed by atoms with Crippen molar-refractivity contribution in [1.82, 2.24) is 4.31 Å². The van der Waals surface area contributed by atoms with Crippen LogP contribution in [0.2, 0.25) is 5.02 Å². The van der Waals surface area contributed by atoms with E-state index in [1.54, 1.807) is 12.1 Å². The van der Waals surface area contributed by atoms with Crippen molar-refractivity contribution in [3.63, 3.8) is 0 Å². The average Bonchev–Trinajstić information content (AvgIpc) is 2.71. The Morgan fingerprint density at radius 2 is 1.97 bits per heavy atom. The molecule has 0 bridgehead atoms. The lowest BCUT2D eigenvalue weighted by atomic mass is 10.0. The second-order valence-corrected chi connectivity index (χ2v) is 9.12. The van der Waals surface area contributed by atoms with Crippen molar-refractivity contribution in [3.8, 4) is 5.75 Å². The maximum atomic E-state index is 13.3. The summed E-state index contributed by atoms with van der Waals surface area (Å²) >= 11 is 5.74. The maximum Gasteiger partial charge on any atom is 0.243 e. The molecule has 0 unspecified atom stereocenters. The highest BCUT2D eigenvalue weighted by atomic mass is 35.5. The van der Waals surface area contributed by atoms with Gasteiger partial charge in [-0.15, -0.1) is 0 Å². The average molecular weight is 441 g/mol. The summed E-state index contributed by atoms with van der Waals surface area (Å²) < 4.78 is 46.0. The van der Waals surface area contributed by atoms with Crippen LogP contribution in [0.4, 0.5) is 10.1 Å². The number of amides is 1. The third kappa shape index (κ3) is 5.07. The number of carbonyl (C=O) groups excluding carboxylic acids is 1. The summed E-state index contributed by atoms with van der Waals surface area (Å²) in [6.07, 6.45) is 2.17. The third-order valence-electron chi connectivity index (χ3n) is 4.86. The second-order valence-electron chi connectivity index (χ2n) is 6.82. The highest BCUT2D eigenvalue weighted by Crippen LogP contribution is 2.28. The number of ether oxygens (including phenoxy) is 1. The van der Waals surface area contributed by atoms with Gasteiger partial charge in [0.05, 0.1) is 17.0 Å². The van der Waals surface area contributed by atoms with Gasteiger partial charge in [-0.2, -0.15) is 4.31 Å². The number of halogens is 2. The highest BCUT2D eigenvalue weighted by Gasteiger charge is 2.34. The van der Waals surface area contributed by atoms with Crippen LogP contribution in [-0.4, -0.2) is 38.3 Å². The van der Waals surface area contributed by atoms with Crippen LogP contribution in [0.1, 0.15) is 25.7 Å². The zero-order chi connectivity index (χ0) is 21.0. The molecule has 1 aliphatic rings. The van der Waals surface area contributed by atoms with Crippen LogP contribution in [0, 0.1) is 5.82 Å². The minimum atomic E-state index is -3.74. The molecule has 1 saturated heterocycles. The molecule has 1 atom stereocenters. The number of hydrogen-bond acceptors (Lipinski definition) is 4. The molecule has 1 N–H and O–H groups in total. The molecule has 1 aliphatic heterocycles. The number of piperidine rings is 1. The molecule has 0 aromatic heterocycles. The van der Waals surface area contributed by atoms with Crippen LogP contribution >= 0.6 is 11.6 Å². The van der Waals surface area contributed by atoms with Gasteiger partial charge in [0.15, 0.2) is 0 Å². The smallest absolute Gasteiger partial charge is 0.243 e. The van der Waals surface area contributed by atoms with Crippen LogP contribution < -0.4 is 10.1 Å². The number of nitrogens with zero attached hydrogens (tertiary/aromatic N) is 1. The summed E-state index contributed by atoms with van der Waals surface area (Å²) in [7, 11) is -2.23. The van der Waals surface area contributed by atoms with Gasteiger partial charge in [-0.25, -0.2) is 12.8 Å². The summed E-state index contributed by atoms with van der Waals surface area (Å²) in [4.78, 5) is 12.6. The second kappa shape index (κ2) is 9.11. The van der Waals surface area contributed by atoms with Gasteiger partial charge in [-0.1, -0.05) is 18.0 Å². The largest absolute Gasteiger partial charge is 0.497 e. The van der Waals surface area contributed by atoms with Crippen LogP contribution in [0.3, 0.4) is 0 Å². The third-order valence-corrected chi connectivity index (χ3v) is 7.12. The monoisotopic (exact) mass is 440 g/mol. The van der Waals surface area contributed by atoms with Crippen molar-refractivity contribution >= 4 is 33.2 Å². The number of carbonyl (C=O) groups is 1. The Kier molecular flexibility index (Phi) is 6.77. The number of benzene rings is 2. The molecule has 0 radical (unpaired) electrons. The van der Waals surface area contributed by atoms with E-state index >= 15 is 0 Å². The van der Waals surface area contributed by atoms with E-state index in [1.807, 2.05) is 0 Å². The summed E-state index contributed by atoms with van der Waals surface area (Å²) in [5, 5.41) is 2.56. The van der Waals surface area contributed by atoms with Crippen molar-refractivity contribution in [2.45, 2.75) is 36.6 Å². The zero-order valence-electron chi connectivity index (χ0n) is 15.9. The molecule has 29 heavy (non-hydrogen) atoms. The predicted molar refractivity (Wildman–Crippen MR) is 109 cm³/mol. The fourth-order valence-corrected chi connectivity index (χ4v) is 5.25. The predicted octanol–water partition coefficient (Wildman–Crippen LogP) is 4.06. The van der Waals surface area contributed by atoms with Gasteiger partial charge in [-0.05, 0) is 55.3 Å². The minimum Gasteiger partial charge on any atom is -0.497 e. The quantitative estimate of drug-likeness (QED) is 0.735. The van der Waals surface area contributed by atoms with Gasteiger partial charge in [0, 0.05) is 24.7 Å². The summed E-state index contributed by atoms with van der Waals surface area (Å²) in [5.74, 6) is -0.361. The zero-order valence-corrected chi connectivity index (χ0v) is 17.5. The Bertz CT molecular complexity index is 982. The van der Waals surface area contributed by atoms with Gasteiger partial charge in [0.2, 0.25) is 15.9 Å². The van der Waals surface area contributed by atoms with Crippen LogP contribution in [-0.2, 0) is 14.8 Å². The molecule has 2 aromatic carbocycles. The number of sulfonamides is 1. The molecule has 9 heteroatoms. The number of anilines is 1. The lowest BCUT2D eigenvalue weighted by Crippen LogP contribution is -2.45. The van der Waals surface area contributed by atoms with E-state index in [-0.39, 0.29) is 22.2 Å². The summed E-state index contributed by atoms with van der Waals surface area (Å²) in [5.41, 5.74) is 0.363. The Hall–Kier alpha value is -2.16. The molecule has 0 spiro atoms. The van der Waals surface area contributed by atoms with E-state index < -0.39 is 21.9 Å². The van der Waals surface area contributed by atoms with Gasteiger partial charge >= 0.3 is 0 Å². The fourth-order valence-electron chi connectivity index (χ4n) is 3.38. The van der Waals surface area contributed by atoms with E-state index in [9.17, 15) is 17.6 Å². The first-order chi connectivity index (χ1) is 13.8. The molecule has 1 amide bonds. The van der Waals surface area contributed by atoms with Crippen LogP contribution in [0.5, 0.6) is 5.75 Å². The lowest BCUT2D eigenvalue weighted by molar-refractivity contribution is -0.117. The Balaban J connectivity index is 1.74. The van der Waals surface area contributed by atoms with Crippen LogP contribution in [0.15, 0.2) is 47.4 Å². The molecule has 1 fully saturated rings. The Morgan fingerprint density at radius 1 is 1.24 bits per heavy atom. The summed E-state index contributed by atoms with van der Waals surface area (Å²) in [6, 6.07) is 9.63. The van der Waals surface area contributed by atoms with Crippen LogP contribution in [0.25, 0.3) is 0 Å². The van der Waals surface area contributed by atoms with Crippen molar-refractivity contribution in [3.05, 3.63) is 53.3 Å². The van der Waals surface area contributed by atoms with E-state index in [1.165, 1.54) is 41.7 Å². The number of hydrogen-bond donors (Lipinski definition) is 1. The highest BCUT2D eigenvalue weighted by molar-refractivity contribution is 7.89. The van der Waals surface area contributed by atoms with Crippen molar-refractivity contribution in [2.75, 3.05) is 19.0 Å². The lowest BCUT2D eigenvalue weighted by Gasteiger charge is -2.34. The molecular formula is C20H22ClFN2O4S. The van der Waals surface area contributed by atoms with E-state index in [0.717, 1.165) is 12.8 Å². The fraction of sp³-hybridized carbons (Fsp3) is 0.350. The van der Waals surface area contributed by atoms with Crippen molar-refractivity contribution in [2.24, 2.45) is 0 Å². The Labute approximate surface area is 174 Å². The first-order valence-corrected chi connectivity index (χ1v) is 11.0. The minimum absolute atomic E-state index is 0.00435. The maximum absolute atomic E-state index is 13.3. The van der Waals surface area contributed by atoms with Gasteiger partial charge in [0.1, 0.15) is 11.6 Å². The van der Waals surface area contributed by atoms with E-state index in [4.69, 9.17) is 16.3 Å². The van der Waals surface area contributed by atoms with Crippen molar-refractivity contribution < 1.29 is 22.3 Å². The molecule has 3 rings (SSSR count).